The van der Waals surface area contributed by atoms with Crippen LogP contribution in [-0.2, 0) is 0 Å². The predicted molar refractivity (Wildman–Crippen MR) is 61.6 cm³/mol. The number of rotatable bonds is 2. The van der Waals surface area contributed by atoms with Gasteiger partial charge in [0.15, 0.2) is 0 Å². The molecule has 0 unspecified atom stereocenters. The minimum absolute atomic E-state index is 0.541. The van der Waals surface area contributed by atoms with Crippen molar-refractivity contribution in [3.8, 4) is 0 Å². The third-order valence-electron chi connectivity index (χ3n) is 1.34. The van der Waals surface area contributed by atoms with Gasteiger partial charge in [-0.3, -0.25) is 0 Å². The SMILES string of the molecule is ClCC=Cc1cc(Br)ccc1Br. The van der Waals surface area contributed by atoms with Crippen molar-refractivity contribution < 1.29 is 0 Å². The highest BCUT2D eigenvalue weighted by Crippen LogP contribution is 2.22. The molecule has 1 aromatic carbocycles. The largest absolute Gasteiger partial charge is 0.122 e. The van der Waals surface area contributed by atoms with Crippen molar-refractivity contribution in [2.75, 3.05) is 5.88 Å². The Hall–Kier alpha value is 0.210. The molecule has 12 heavy (non-hydrogen) atoms. The van der Waals surface area contributed by atoms with Crippen molar-refractivity contribution in [1.82, 2.24) is 0 Å². The molecule has 0 N–H and O–H groups in total. The van der Waals surface area contributed by atoms with E-state index in [0.717, 1.165) is 14.5 Å². The van der Waals surface area contributed by atoms with Gasteiger partial charge >= 0.3 is 0 Å². The number of alkyl halides is 1. The lowest BCUT2D eigenvalue weighted by atomic mass is 10.2. The van der Waals surface area contributed by atoms with E-state index in [4.69, 9.17) is 11.6 Å². The maximum absolute atomic E-state index is 5.53. The summed E-state index contributed by atoms with van der Waals surface area (Å²) < 4.78 is 2.15. The molecule has 0 nitrogen and oxygen atoms in total. The number of hydrogen-bond donors (Lipinski definition) is 0. The normalized spacial score (nSPS) is 10.9. The monoisotopic (exact) mass is 308 g/mol. The summed E-state index contributed by atoms with van der Waals surface area (Å²) in [5.74, 6) is 0.541. The summed E-state index contributed by atoms with van der Waals surface area (Å²) in [6.45, 7) is 0. The molecule has 3 heteroatoms. The quantitative estimate of drug-likeness (QED) is 0.707. The fourth-order valence-corrected chi connectivity index (χ4v) is 1.66. The van der Waals surface area contributed by atoms with Crippen molar-refractivity contribution in [3.05, 3.63) is 38.8 Å². The Kier molecular flexibility index (Phi) is 4.33. The molecular formula is C9H7Br2Cl. The van der Waals surface area contributed by atoms with Crippen LogP contribution in [0.1, 0.15) is 5.56 Å². The van der Waals surface area contributed by atoms with E-state index in [9.17, 15) is 0 Å². The van der Waals surface area contributed by atoms with Gasteiger partial charge in [-0.1, -0.05) is 44.0 Å². The molecule has 0 saturated heterocycles. The highest BCUT2D eigenvalue weighted by atomic mass is 79.9. The van der Waals surface area contributed by atoms with Gasteiger partial charge in [0.25, 0.3) is 0 Å². The van der Waals surface area contributed by atoms with Crippen molar-refractivity contribution in [2.24, 2.45) is 0 Å². The lowest BCUT2D eigenvalue weighted by molar-refractivity contribution is 1.55. The van der Waals surface area contributed by atoms with Gasteiger partial charge in [0.05, 0.1) is 0 Å². The Bertz CT molecular complexity index is 295. The maximum Gasteiger partial charge on any atom is 0.0407 e. The lowest BCUT2D eigenvalue weighted by Crippen LogP contribution is -1.75. The van der Waals surface area contributed by atoms with Gasteiger partial charge in [0, 0.05) is 14.8 Å². The average Bonchev–Trinajstić information content (AvgIpc) is 2.07. The second kappa shape index (κ2) is 5.05. The van der Waals surface area contributed by atoms with Crippen LogP contribution in [0.2, 0.25) is 0 Å². The summed E-state index contributed by atoms with van der Waals surface area (Å²) in [5.41, 5.74) is 1.13. The van der Waals surface area contributed by atoms with Gasteiger partial charge in [0.1, 0.15) is 0 Å². The van der Waals surface area contributed by atoms with Crippen LogP contribution >= 0.6 is 43.5 Å². The third-order valence-corrected chi connectivity index (χ3v) is 2.74. The van der Waals surface area contributed by atoms with Crippen LogP contribution in [0.3, 0.4) is 0 Å². The van der Waals surface area contributed by atoms with Crippen LogP contribution in [0.25, 0.3) is 6.08 Å². The lowest BCUT2D eigenvalue weighted by Gasteiger charge is -1.98. The van der Waals surface area contributed by atoms with E-state index in [0.29, 0.717) is 5.88 Å². The Morgan fingerprint density at radius 1 is 1.33 bits per heavy atom. The molecular weight excluding hydrogens is 303 g/mol. The molecule has 64 valence electrons. The first-order valence-corrected chi connectivity index (χ1v) is 5.53. The van der Waals surface area contributed by atoms with Crippen LogP contribution in [0.4, 0.5) is 0 Å². The zero-order valence-electron chi connectivity index (χ0n) is 6.23. The Balaban J connectivity index is 2.97. The summed E-state index contributed by atoms with van der Waals surface area (Å²) in [4.78, 5) is 0. The summed E-state index contributed by atoms with van der Waals surface area (Å²) in [6.07, 6.45) is 3.90. The van der Waals surface area contributed by atoms with E-state index in [1.165, 1.54) is 0 Å². The molecule has 0 spiro atoms. The van der Waals surface area contributed by atoms with Crippen LogP contribution < -0.4 is 0 Å². The molecule has 0 saturated carbocycles. The molecule has 0 amide bonds. The molecule has 0 fully saturated rings. The van der Waals surface area contributed by atoms with Crippen molar-refractivity contribution in [2.45, 2.75) is 0 Å². The molecule has 1 rings (SSSR count). The summed E-state index contributed by atoms with van der Waals surface area (Å²) in [5, 5.41) is 0. The molecule has 0 aliphatic rings. The second-order valence-electron chi connectivity index (χ2n) is 2.22. The zero-order valence-corrected chi connectivity index (χ0v) is 10.2. The van der Waals surface area contributed by atoms with E-state index < -0.39 is 0 Å². The number of allylic oxidation sites excluding steroid dienone is 1. The zero-order chi connectivity index (χ0) is 8.97. The number of benzene rings is 1. The Morgan fingerprint density at radius 3 is 2.75 bits per heavy atom. The van der Waals surface area contributed by atoms with Crippen LogP contribution in [0.15, 0.2) is 33.2 Å². The van der Waals surface area contributed by atoms with Gasteiger partial charge in [-0.05, 0) is 23.8 Å². The molecule has 0 atom stereocenters. The van der Waals surface area contributed by atoms with Crippen molar-refractivity contribution >= 4 is 49.5 Å². The van der Waals surface area contributed by atoms with E-state index in [-0.39, 0.29) is 0 Å². The van der Waals surface area contributed by atoms with E-state index >= 15 is 0 Å². The summed E-state index contributed by atoms with van der Waals surface area (Å²) in [6, 6.07) is 6.02. The molecule has 0 aliphatic carbocycles. The Morgan fingerprint density at radius 2 is 2.08 bits per heavy atom. The first-order chi connectivity index (χ1) is 5.74. The smallest absolute Gasteiger partial charge is 0.0407 e. The van der Waals surface area contributed by atoms with Crippen LogP contribution in [0, 0.1) is 0 Å². The summed E-state index contributed by atoms with van der Waals surface area (Å²) in [7, 11) is 0. The van der Waals surface area contributed by atoms with Gasteiger partial charge in [-0.25, -0.2) is 0 Å². The fourth-order valence-electron chi connectivity index (χ4n) is 0.814. The van der Waals surface area contributed by atoms with Gasteiger partial charge < -0.3 is 0 Å². The molecule has 0 aromatic heterocycles. The molecule has 0 radical (unpaired) electrons. The number of hydrogen-bond acceptors (Lipinski definition) is 0. The molecule has 0 heterocycles. The highest BCUT2D eigenvalue weighted by molar-refractivity contribution is 9.11. The van der Waals surface area contributed by atoms with Gasteiger partial charge in [-0.15, -0.1) is 11.6 Å². The van der Waals surface area contributed by atoms with Crippen LogP contribution in [-0.4, -0.2) is 5.88 Å². The van der Waals surface area contributed by atoms with Crippen molar-refractivity contribution in [1.29, 1.82) is 0 Å². The number of halogens is 3. The van der Waals surface area contributed by atoms with Crippen molar-refractivity contribution in [3.63, 3.8) is 0 Å². The molecule has 1 aromatic rings. The minimum atomic E-state index is 0.541. The van der Waals surface area contributed by atoms with Crippen LogP contribution in [0.5, 0.6) is 0 Å². The van der Waals surface area contributed by atoms with Gasteiger partial charge in [0.2, 0.25) is 0 Å². The minimum Gasteiger partial charge on any atom is -0.122 e. The predicted octanol–water partition coefficient (Wildman–Crippen LogP) is 4.46. The van der Waals surface area contributed by atoms with E-state index in [2.05, 4.69) is 31.9 Å². The first kappa shape index (κ1) is 10.3. The standard InChI is InChI=1S/C9H7Br2Cl/c10-8-3-4-9(11)7(6-8)2-1-5-12/h1-4,6H,5H2. The highest BCUT2D eigenvalue weighted by Gasteiger charge is 1.95. The topological polar surface area (TPSA) is 0 Å². The van der Waals surface area contributed by atoms with Gasteiger partial charge in [-0.2, -0.15) is 0 Å². The average molecular weight is 310 g/mol. The third kappa shape index (κ3) is 2.92. The second-order valence-corrected chi connectivity index (χ2v) is 4.30. The first-order valence-electron chi connectivity index (χ1n) is 3.41. The van der Waals surface area contributed by atoms with E-state index in [1.807, 2.05) is 30.4 Å². The van der Waals surface area contributed by atoms with E-state index in [1.54, 1.807) is 0 Å². The Labute approximate surface area is 93.9 Å². The summed E-state index contributed by atoms with van der Waals surface area (Å²) >= 11 is 12.4. The molecule has 0 bridgehead atoms. The fraction of sp³-hybridized carbons (Fsp3) is 0.111. The molecule has 0 aliphatic heterocycles. The maximum atomic E-state index is 5.53.